The molecule has 2 amide bonds. The molecule has 0 bridgehead atoms. The molecule has 120 valence electrons. The zero-order valence-corrected chi connectivity index (χ0v) is 12.8. The quantitative estimate of drug-likeness (QED) is 0.719. The van der Waals surface area contributed by atoms with Crippen LogP contribution in [-0.4, -0.2) is 53.2 Å². The summed E-state index contributed by atoms with van der Waals surface area (Å²) in [4.78, 5) is 36.7. The molecule has 7 nitrogen and oxygen atoms in total. The molecule has 3 atom stereocenters. The third kappa shape index (κ3) is 4.34. The van der Waals surface area contributed by atoms with Gasteiger partial charge in [-0.2, -0.15) is 0 Å². The molecule has 1 unspecified atom stereocenters. The van der Waals surface area contributed by atoms with Gasteiger partial charge in [0.2, 0.25) is 0 Å². The molecule has 0 aromatic heterocycles. The zero-order chi connectivity index (χ0) is 16.0. The summed E-state index contributed by atoms with van der Waals surface area (Å²) in [6, 6.07) is -2.08. The van der Waals surface area contributed by atoms with Crippen LogP contribution >= 0.6 is 0 Å². The Hall–Kier alpha value is -1.79. The van der Waals surface area contributed by atoms with Crippen molar-refractivity contribution in [2.75, 3.05) is 13.2 Å². The predicted molar refractivity (Wildman–Crippen MR) is 75.8 cm³/mol. The second-order valence-electron chi connectivity index (χ2n) is 5.25. The van der Waals surface area contributed by atoms with Gasteiger partial charge in [-0.05, 0) is 25.7 Å². The minimum Gasteiger partial charge on any atom is -0.480 e. The Morgan fingerprint density at radius 2 is 2.05 bits per heavy atom. The van der Waals surface area contributed by atoms with Crippen molar-refractivity contribution >= 4 is 18.0 Å². The topological polar surface area (TPSA) is 95.9 Å². The zero-order valence-electron chi connectivity index (χ0n) is 12.8. The van der Waals surface area contributed by atoms with Gasteiger partial charge in [0.25, 0.3) is 0 Å². The van der Waals surface area contributed by atoms with Crippen LogP contribution in [0.25, 0.3) is 0 Å². The first-order valence-corrected chi connectivity index (χ1v) is 7.38. The Labute approximate surface area is 124 Å². The lowest BCUT2D eigenvalue weighted by Crippen LogP contribution is -2.53. The molecule has 0 aliphatic carbocycles. The van der Waals surface area contributed by atoms with E-state index in [9.17, 15) is 19.5 Å². The molecule has 0 spiro atoms. The fourth-order valence-electron chi connectivity index (χ4n) is 2.39. The first-order valence-electron chi connectivity index (χ1n) is 7.38. The molecule has 1 rings (SSSR count). The molecule has 1 aliphatic heterocycles. The lowest BCUT2D eigenvalue weighted by atomic mass is 9.99. The van der Waals surface area contributed by atoms with Gasteiger partial charge in [0.15, 0.2) is 0 Å². The average molecular weight is 300 g/mol. The van der Waals surface area contributed by atoms with Crippen molar-refractivity contribution in [3.63, 3.8) is 0 Å². The number of likely N-dealkylation sites (tertiary alicyclic amines) is 1. The Kier molecular flexibility index (Phi) is 6.45. The number of esters is 1. The SMILES string of the molecule is CCOC(=O)C1CCCN1C(=O)N[C@H](C(=O)O)[C@@H](C)CC. The predicted octanol–water partition coefficient (Wildman–Crippen LogP) is 1.22. The number of amides is 2. The maximum atomic E-state index is 12.2. The number of carboxylic acids is 1. The van der Waals surface area contributed by atoms with E-state index in [1.54, 1.807) is 13.8 Å². The average Bonchev–Trinajstić information content (AvgIpc) is 2.93. The Bertz CT molecular complexity index is 399. The Morgan fingerprint density at radius 1 is 1.38 bits per heavy atom. The fraction of sp³-hybridized carbons (Fsp3) is 0.786. The number of rotatable bonds is 6. The molecule has 1 heterocycles. The minimum atomic E-state index is -1.07. The molecule has 1 fully saturated rings. The Morgan fingerprint density at radius 3 is 2.57 bits per heavy atom. The van der Waals surface area contributed by atoms with Crippen LogP contribution < -0.4 is 5.32 Å². The molecule has 0 aromatic rings. The van der Waals surface area contributed by atoms with Gasteiger partial charge >= 0.3 is 18.0 Å². The van der Waals surface area contributed by atoms with E-state index in [4.69, 9.17) is 4.74 Å². The van der Waals surface area contributed by atoms with Crippen molar-refractivity contribution in [3.8, 4) is 0 Å². The molecular formula is C14H24N2O5. The lowest BCUT2D eigenvalue weighted by Gasteiger charge is -2.27. The molecule has 1 saturated heterocycles. The maximum absolute atomic E-state index is 12.2. The molecular weight excluding hydrogens is 276 g/mol. The van der Waals surface area contributed by atoms with Crippen LogP contribution in [-0.2, 0) is 14.3 Å². The summed E-state index contributed by atoms with van der Waals surface area (Å²) in [5.74, 6) is -1.68. The number of nitrogens with one attached hydrogen (secondary N) is 1. The summed E-state index contributed by atoms with van der Waals surface area (Å²) < 4.78 is 4.95. The summed E-state index contributed by atoms with van der Waals surface area (Å²) in [7, 11) is 0. The summed E-state index contributed by atoms with van der Waals surface area (Å²) in [6.07, 6.45) is 1.89. The second kappa shape index (κ2) is 7.85. The highest BCUT2D eigenvalue weighted by Crippen LogP contribution is 2.19. The number of hydrogen-bond donors (Lipinski definition) is 2. The van der Waals surface area contributed by atoms with Gasteiger partial charge in [0.05, 0.1) is 6.61 Å². The van der Waals surface area contributed by atoms with Gasteiger partial charge in [-0.1, -0.05) is 20.3 Å². The van der Waals surface area contributed by atoms with Crippen LogP contribution in [0.2, 0.25) is 0 Å². The van der Waals surface area contributed by atoms with Crippen molar-refractivity contribution in [2.45, 2.75) is 52.1 Å². The van der Waals surface area contributed by atoms with Crippen LogP contribution in [0.15, 0.2) is 0 Å². The number of carbonyl (C=O) groups is 3. The third-order valence-electron chi connectivity index (χ3n) is 3.83. The summed E-state index contributed by atoms with van der Waals surface area (Å²) in [5.41, 5.74) is 0. The first-order chi connectivity index (χ1) is 9.92. The van der Waals surface area contributed by atoms with Crippen molar-refractivity contribution < 1.29 is 24.2 Å². The van der Waals surface area contributed by atoms with E-state index in [-0.39, 0.29) is 12.5 Å². The van der Waals surface area contributed by atoms with E-state index in [1.807, 2.05) is 6.92 Å². The van der Waals surface area contributed by atoms with Gasteiger partial charge in [0, 0.05) is 6.54 Å². The van der Waals surface area contributed by atoms with E-state index in [0.29, 0.717) is 25.8 Å². The standard InChI is InChI=1S/C14H24N2O5/c1-4-9(3)11(12(17)18)15-14(20)16-8-6-7-10(16)13(19)21-5-2/h9-11H,4-8H2,1-3H3,(H,15,20)(H,17,18)/t9-,10?,11-/m0/s1. The molecule has 2 N–H and O–H groups in total. The largest absolute Gasteiger partial charge is 0.480 e. The highest BCUT2D eigenvalue weighted by Gasteiger charge is 2.37. The van der Waals surface area contributed by atoms with Crippen molar-refractivity contribution in [1.82, 2.24) is 10.2 Å². The molecule has 0 saturated carbocycles. The monoisotopic (exact) mass is 300 g/mol. The summed E-state index contributed by atoms with van der Waals surface area (Å²) in [5, 5.41) is 11.7. The van der Waals surface area contributed by atoms with Gasteiger partial charge in [-0.15, -0.1) is 0 Å². The fourth-order valence-corrected chi connectivity index (χ4v) is 2.39. The molecule has 7 heteroatoms. The maximum Gasteiger partial charge on any atom is 0.328 e. The van der Waals surface area contributed by atoms with Crippen LogP contribution in [0.5, 0.6) is 0 Å². The number of urea groups is 1. The number of nitrogens with zero attached hydrogens (tertiary/aromatic N) is 1. The first kappa shape index (κ1) is 17.3. The van der Waals surface area contributed by atoms with Gasteiger partial charge < -0.3 is 20.1 Å². The number of carboxylic acid groups (broad SMARTS) is 1. The van der Waals surface area contributed by atoms with E-state index in [0.717, 1.165) is 0 Å². The van der Waals surface area contributed by atoms with E-state index in [1.165, 1.54) is 4.90 Å². The number of aliphatic carboxylic acids is 1. The van der Waals surface area contributed by atoms with Gasteiger partial charge in [0.1, 0.15) is 12.1 Å². The second-order valence-corrected chi connectivity index (χ2v) is 5.25. The number of hydrogen-bond acceptors (Lipinski definition) is 4. The lowest BCUT2D eigenvalue weighted by molar-refractivity contribution is -0.147. The van der Waals surface area contributed by atoms with Crippen LogP contribution in [0, 0.1) is 5.92 Å². The van der Waals surface area contributed by atoms with Crippen LogP contribution in [0.3, 0.4) is 0 Å². The van der Waals surface area contributed by atoms with E-state index >= 15 is 0 Å². The summed E-state index contributed by atoms with van der Waals surface area (Å²) >= 11 is 0. The van der Waals surface area contributed by atoms with E-state index in [2.05, 4.69) is 5.32 Å². The smallest absolute Gasteiger partial charge is 0.328 e. The Balaban J connectivity index is 2.72. The van der Waals surface area contributed by atoms with Crippen molar-refractivity contribution in [3.05, 3.63) is 0 Å². The van der Waals surface area contributed by atoms with Crippen molar-refractivity contribution in [2.24, 2.45) is 5.92 Å². The highest BCUT2D eigenvalue weighted by molar-refractivity contribution is 5.87. The van der Waals surface area contributed by atoms with Gasteiger partial charge in [-0.3, -0.25) is 0 Å². The molecule has 0 aromatic carbocycles. The number of ether oxygens (including phenoxy) is 1. The van der Waals surface area contributed by atoms with Gasteiger partial charge in [-0.25, -0.2) is 14.4 Å². The minimum absolute atomic E-state index is 0.185. The summed E-state index contributed by atoms with van der Waals surface area (Å²) in [6.45, 7) is 6.04. The number of carbonyl (C=O) groups excluding carboxylic acids is 2. The van der Waals surface area contributed by atoms with E-state index < -0.39 is 30.1 Å². The van der Waals surface area contributed by atoms with Crippen LogP contribution in [0.4, 0.5) is 4.79 Å². The molecule has 21 heavy (non-hydrogen) atoms. The highest BCUT2D eigenvalue weighted by atomic mass is 16.5. The van der Waals surface area contributed by atoms with Crippen molar-refractivity contribution in [1.29, 1.82) is 0 Å². The molecule has 1 aliphatic rings. The van der Waals surface area contributed by atoms with Crippen LogP contribution in [0.1, 0.15) is 40.0 Å². The third-order valence-corrected chi connectivity index (χ3v) is 3.83. The normalized spacial score (nSPS) is 20.7. The molecule has 0 radical (unpaired) electrons.